The van der Waals surface area contributed by atoms with Gasteiger partial charge in [0.1, 0.15) is 11.7 Å². The number of rotatable bonds is 12. The number of hydrogen-bond acceptors (Lipinski definition) is 5. The Balaban J connectivity index is 1.81. The summed E-state index contributed by atoms with van der Waals surface area (Å²) >= 11 is 0. The van der Waals surface area contributed by atoms with Crippen LogP contribution in [0.3, 0.4) is 0 Å². The molecule has 4 aromatic rings. The topological polar surface area (TPSA) is 109 Å². The van der Waals surface area contributed by atoms with Crippen molar-refractivity contribution in [2.45, 2.75) is 65.2 Å². The maximum Gasteiger partial charge on any atom is 0.416 e. The molecule has 246 valence electrons. The van der Waals surface area contributed by atoms with Crippen LogP contribution >= 0.6 is 0 Å². The number of amides is 1. The molecule has 0 bridgehead atoms. The van der Waals surface area contributed by atoms with E-state index in [0.29, 0.717) is 23.8 Å². The number of carbonyl (C=O) groups is 2. The second-order valence-corrected chi connectivity index (χ2v) is 12.4. The molecular weight excluding hydrogens is 599 g/mol. The molecule has 0 unspecified atom stereocenters. The lowest BCUT2D eigenvalue weighted by atomic mass is 9.93. The molecule has 4 rings (SSSR count). The van der Waals surface area contributed by atoms with E-state index in [0.717, 1.165) is 33.0 Å². The molecular formula is C34H40F3N5O4. The van der Waals surface area contributed by atoms with Gasteiger partial charge in [0, 0.05) is 43.0 Å². The fourth-order valence-corrected chi connectivity index (χ4v) is 5.80. The van der Waals surface area contributed by atoms with Gasteiger partial charge in [-0.15, -0.1) is 0 Å². The molecule has 3 heterocycles. The zero-order valence-electron chi connectivity index (χ0n) is 26.9. The molecule has 12 heteroatoms. The van der Waals surface area contributed by atoms with Crippen LogP contribution in [0.4, 0.5) is 13.2 Å². The third kappa shape index (κ3) is 7.85. The van der Waals surface area contributed by atoms with Gasteiger partial charge in [0.05, 0.1) is 18.0 Å². The van der Waals surface area contributed by atoms with E-state index in [-0.39, 0.29) is 24.3 Å². The zero-order chi connectivity index (χ0) is 33.9. The maximum atomic E-state index is 14.0. The molecule has 46 heavy (non-hydrogen) atoms. The number of fused-ring (bicyclic) bond motifs is 1. The summed E-state index contributed by atoms with van der Waals surface area (Å²) < 4.78 is 44.6. The van der Waals surface area contributed by atoms with E-state index in [4.69, 9.17) is 0 Å². The van der Waals surface area contributed by atoms with Crippen molar-refractivity contribution in [1.29, 1.82) is 0 Å². The van der Waals surface area contributed by atoms with E-state index < -0.39 is 47.7 Å². The lowest BCUT2D eigenvalue weighted by Gasteiger charge is -2.26. The molecule has 9 nitrogen and oxygen atoms in total. The second kappa shape index (κ2) is 13.9. The van der Waals surface area contributed by atoms with E-state index in [2.05, 4.69) is 10.3 Å². The number of nitrogens with one attached hydrogen (secondary N) is 1. The van der Waals surface area contributed by atoms with Crippen LogP contribution in [0.2, 0.25) is 0 Å². The fraction of sp³-hybridized carbons (Fsp3) is 0.412. The SMILES string of the molecule is Cc1cccc(C)c1-c1cc([C@@H](CC(=O)O)NC(=O)[C@H](CC(C)C)n2cc(CCN(C)C)c(C(F)(F)F)cc2=O)cn2ccnc12. The predicted molar refractivity (Wildman–Crippen MR) is 170 cm³/mol. The Labute approximate surface area is 265 Å². The lowest BCUT2D eigenvalue weighted by Crippen LogP contribution is -2.40. The standard InChI is InChI=1S/C34H40F3N5O4/c1-20(2)14-28(42-19-23(10-12-40(5)6)26(16-29(42)43)34(35,36)37)33(46)39-27(17-30(44)45)24-15-25(32-38-11-13-41(32)18-24)31-21(3)8-7-9-22(31)4/h7-9,11,13,15-16,18-20,27-28H,10,12,14,17H2,1-6H3,(H,39,46)(H,44,45)/t27-,28+/m1/s1. The molecule has 0 aliphatic heterocycles. The van der Waals surface area contributed by atoms with Crippen molar-refractivity contribution in [3.63, 3.8) is 0 Å². The first-order valence-electron chi connectivity index (χ1n) is 15.1. The minimum atomic E-state index is -4.75. The number of pyridine rings is 2. The van der Waals surface area contributed by atoms with E-state index >= 15 is 0 Å². The molecule has 0 fully saturated rings. The van der Waals surface area contributed by atoms with Gasteiger partial charge in [-0.3, -0.25) is 14.4 Å². The number of alkyl halides is 3. The summed E-state index contributed by atoms with van der Waals surface area (Å²) in [5, 5.41) is 12.7. The Bertz CT molecular complexity index is 1770. The van der Waals surface area contributed by atoms with Crippen molar-refractivity contribution >= 4 is 17.5 Å². The second-order valence-electron chi connectivity index (χ2n) is 12.4. The number of aryl methyl sites for hydroxylation is 2. The van der Waals surface area contributed by atoms with E-state index in [1.807, 2.05) is 52.0 Å². The van der Waals surface area contributed by atoms with Gasteiger partial charge in [0.25, 0.3) is 5.56 Å². The summed E-state index contributed by atoms with van der Waals surface area (Å²) in [4.78, 5) is 45.5. The van der Waals surface area contributed by atoms with Crippen molar-refractivity contribution in [2.24, 2.45) is 5.92 Å². The number of halogens is 3. The maximum absolute atomic E-state index is 14.0. The van der Waals surface area contributed by atoms with Crippen molar-refractivity contribution in [3.8, 4) is 11.1 Å². The first-order valence-corrected chi connectivity index (χ1v) is 15.1. The van der Waals surface area contributed by atoms with Crippen molar-refractivity contribution in [2.75, 3.05) is 20.6 Å². The Morgan fingerprint density at radius 1 is 1.09 bits per heavy atom. The molecule has 1 amide bonds. The van der Waals surface area contributed by atoms with Crippen LogP contribution in [0.5, 0.6) is 0 Å². The molecule has 2 atom stereocenters. The molecule has 0 aliphatic carbocycles. The van der Waals surface area contributed by atoms with Crippen LogP contribution in [0.1, 0.15) is 66.6 Å². The monoisotopic (exact) mass is 639 g/mol. The highest BCUT2D eigenvalue weighted by Crippen LogP contribution is 2.34. The van der Waals surface area contributed by atoms with Crippen LogP contribution in [-0.2, 0) is 22.2 Å². The minimum absolute atomic E-state index is 0.00575. The van der Waals surface area contributed by atoms with Crippen molar-refractivity contribution < 1.29 is 27.9 Å². The number of aliphatic carboxylic acids is 1. The van der Waals surface area contributed by atoms with Crippen LogP contribution in [0.15, 0.2) is 59.9 Å². The minimum Gasteiger partial charge on any atom is -0.481 e. The summed E-state index contributed by atoms with van der Waals surface area (Å²) in [6, 6.07) is 6.04. The summed E-state index contributed by atoms with van der Waals surface area (Å²) in [7, 11) is 3.46. The molecule has 0 saturated heterocycles. The van der Waals surface area contributed by atoms with Crippen LogP contribution in [0, 0.1) is 19.8 Å². The summed E-state index contributed by atoms with van der Waals surface area (Å²) in [6.45, 7) is 7.90. The van der Waals surface area contributed by atoms with Gasteiger partial charge < -0.3 is 24.3 Å². The number of hydrogen-bond donors (Lipinski definition) is 2. The molecule has 1 aromatic carbocycles. The highest BCUT2D eigenvalue weighted by atomic mass is 19.4. The van der Waals surface area contributed by atoms with Crippen molar-refractivity contribution in [3.05, 3.63) is 93.3 Å². The largest absolute Gasteiger partial charge is 0.481 e. The Kier molecular flexibility index (Phi) is 10.4. The average Bonchev–Trinajstić information content (AvgIpc) is 3.43. The summed E-state index contributed by atoms with van der Waals surface area (Å²) in [6.07, 6.45) is 1.12. The third-order valence-electron chi connectivity index (χ3n) is 7.99. The third-order valence-corrected chi connectivity index (χ3v) is 7.99. The van der Waals surface area contributed by atoms with E-state index in [1.165, 1.54) is 0 Å². The quantitative estimate of drug-likeness (QED) is 0.202. The first kappa shape index (κ1) is 34.4. The Morgan fingerprint density at radius 2 is 1.76 bits per heavy atom. The number of aromatic nitrogens is 3. The smallest absolute Gasteiger partial charge is 0.416 e. The van der Waals surface area contributed by atoms with Gasteiger partial charge in [-0.2, -0.15) is 13.2 Å². The number of carbonyl (C=O) groups excluding carboxylic acids is 1. The molecule has 2 N–H and O–H groups in total. The Morgan fingerprint density at radius 3 is 2.35 bits per heavy atom. The van der Waals surface area contributed by atoms with Crippen LogP contribution in [0.25, 0.3) is 16.8 Å². The van der Waals surface area contributed by atoms with Crippen LogP contribution in [-0.4, -0.2) is 56.5 Å². The highest BCUT2D eigenvalue weighted by molar-refractivity contribution is 5.84. The lowest BCUT2D eigenvalue weighted by molar-refractivity contribution is -0.139. The number of carboxylic acid groups (broad SMARTS) is 1. The Hall–Kier alpha value is -4.45. The van der Waals surface area contributed by atoms with Gasteiger partial charge in [0.15, 0.2) is 0 Å². The summed E-state index contributed by atoms with van der Waals surface area (Å²) in [5.41, 5.74) is 2.72. The van der Waals surface area contributed by atoms with E-state index in [1.54, 1.807) is 42.0 Å². The van der Waals surface area contributed by atoms with Crippen molar-refractivity contribution in [1.82, 2.24) is 24.2 Å². The molecule has 0 saturated carbocycles. The molecule has 0 aliphatic rings. The number of likely N-dealkylation sites (N-methyl/N-ethyl adjacent to an activating group) is 1. The summed E-state index contributed by atoms with van der Waals surface area (Å²) in [5.74, 6) is -1.95. The number of carboxylic acids is 1. The number of nitrogens with zero attached hydrogens (tertiary/aromatic N) is 4. The molecule has 0 spiro atoms. The van der Waals surface area contributed by atoms with Gasteiger partial charge in [-0.05, 0) is 80.6 Å². The average molecular weight is 640 g/mol. The van der Waals surface area contributed by atoms with Crippen LogP contribution < -0.4 is 10.9 Å². The van der Waals surface area contributed by atoms with Gasteiger partial charge in [0.2, 0.25) is 5.91 Å². The first-order chi connectivity index (χ1) is 21.6. The predicted octanol–water partition coefficient (Wildman–Crippen LogP) is 5.82. The zero-order valence-corrected chi connectivity index (χ0v) is 26.9. The number of benzene rings is 1. The normalized spacial score (nSPS) is 13.4. The van der Waals surface area contributed by atoms with Gasteiger partial charge in [-0.25, -0.2) is 4.98 Å². The highest BCUT2D eigenvalue weighted by Gasteiger charge is 2.36. The van der Waals surface area contributed by atoms with E-state index in [9.17, 15) is 32.7 Å². The van der Waals surface area contributed by atoms with Gasteiger partial charge >= 0.3 is 12.1 Å². The molecule has 0 radical (unpaired) electrons. The van der Waals surface area contributed by atoms with Gasteiger partial charge in [-0.1, -0.05) is 32.0 Å². The number of imidazole rings is 1. The fourth-order valence-electron chi connectivity index (χ4n) is 5.80. The molecule has 3 aromatic heterocycles.